The van der Waals surface area contributed by atoms with Gasteiger partial charge in [0.2, 0.25) is 0 Å². The Morgan fingerprint density at radius 1 is 1.23 bits per heavy atom. The highest BCUT2D eigenvalue weighted by atomic mass is 35.5. The third-order valence-corrected chi connectivity index (χ3v) is 1.90. The van der Waals surface area contributed by atoms with Gasteiger partial charge in [0, 0.05) is 12.6 Å². The largest absolute Gasteiger partial charge is 0.396 e. The molecule has 0 bridgehead atoms. The molecule has 0 aliphatic heterocycles. The van der Waals surface area contributed by atoms with Gasteiger partial charge in [0.1, 0.15) is 0 Å². The summed E-state index contributed by atoms with van der Waals surface area (Å²) in [6.07, 6.45) is 1.62. The number of benzene rings is 1. The topological polar surface area (TPSA) is 46.2 Å². The molecule has 0 amide bonds. The van der Waals surface area contributed by atoms with Crippen molar-refractivity contribution in [2.45, 2.75) is 18.9 Å². The molecule has 1 aromatic rings. The lowest BCUT2D eigenvalue weighted by Gasteiger charge is -2.10. The van der Waals surface area contributed by atoms with Crippen LogP contribution in [0.15, 0.2) is 30.3 Å². The van der Waals surface area contributed by atoms with Crippen molar-refractivity contribution in [3.8, 4) is 0 Å². The third kappa shape index (κ3) is 4.27. The molecule has 0 aliphatic rings. The van der Waals surface area contributed by atoms with Gasteiger partial charge in [-0.15, -0.1) is 12.4 Å². The number of rotatable bonds is 4. The minimum absolute atomic E-state index is 0. The summed E-state index contributed by atoms with van der Waals surface area (Å²) in [6, 6.07) is 10.0. The van der Waals surface area contributed by atoms with Crippen LogP contribution in [-0.4, -0.2) is 11.7 Å². The molecule has 1 atom stereocenters. The van der Waals surface area contributed by atoms with E-state index >= 15 is 0 Å². The molecule has 1 unspecified atom stereocenters. The first-order valence-electron chi connectivity index (χ1n) is 4.26. The Labute approximate surface area is 85.2 Å². The van der Waals surface area contributed by atoms with Crippen molar-refractivity contribution in [1.29, 1.82) is 0 Å². The van der Waals surface area contributed by atoms with Crippen molar-refractivity contribution in [2.24, 2.45) is 5.73 Å². The Hall–Kier alpha value is -0.570. The van der Waals surface area contributed by atoms with E-state index in [-0.39, 0.29) is 25.1 Å². The first-order chi connectivity index (χ1) is 5.84. The standard InChI is InChI=1S/C10H15NO.ClH/c11-10(7-4-8-12)9-5-2-1-3-6-9;/h1-3,5-6,10,12H,4,7-8,11H2;1H. The highest BCUT2D eigenvalue weighted by Gasteiger charge is 2.03. The van der Waals surface area contributed by atoms with E-state index in [0.29, 0.717) is 0 Å². The van der Waals surface area contributed by atoms with Gasteiger partial charge in [-0.2, -0.15) is 0 Å². The predicted molar refractivity (Wildman–Crippen MR) is 56.9 cm³/mol. The second-order valence-electron chi connectivity index (χ2n) is 2.88. The molecular formula is C10H16ClNO. The van der Waals surface area contributed by atoms with Crippen LogP contribution in [0.5, 0.6) is 0 Å². The molecule has 0 aliphatic carbocycles. The van der Waals surface area contributed by atoms with Crippen LogP contribution in [-0.2, 0) is 0 Å². The Morgan fingerprint density at radius 2 is 1.85 bits per heavy atom. The van der Waals surface area contributed by atoms with Crippen LogP contribution in [0.2, 0.25) is 0 Å². The zero-order valence-electron chi connectivity index (χ0n) is 7.52. The molecule has 74 valence electrons. The minimum atomic E-state index is 0. The van der Waals surface area contributed by atoms with Crippen LogP contribution < -0.4 is 5.73 Å². The Balaban J connectivity index is 0.00000144. The molecule has 3 N–H and O–H groups in total. The number of aliphatic hydroxyl groups is 1. The zero-order chi connectivity index (χ0) is 8.81. The van der Waals surface area contributed by atoms with Crippen LogP contribution in [0.25, 0.3) is 0 Å². The van der Waals surface area contributed by atoms with Crippen LogP contribution in [0, 0.1) is 0 Å². The van der Waals surface area contributed by atoms with Crippen LogP contribution in [0.4, 0.5) is 0 Å². The summed E-state index contributed by atoms with van der Waals surface area (Å²) in [7, 11) is 0. The van der Waals surface area contributed by atoms with Crippen LogP contribution in [0.3, 0.4) is 0 Å². The number of nitrogens with two attached hydrogens (primary N) is 1. The molecular weight excluding hydrogens is 186 g/mol. The van der Waals surface area contributed by atoms with E-state index in [9.17, 15) is 0 Å². The molecule has 0 fully saturated rings. The molecule has 1 rings (SSSR count). The maximum atomic E-state index is 8.61. The molecule has 0 spiro atoms. The third-order valence-electron chi connectivity index (χ3n) is 1.90. The lowest BCUT2D eigenvalue weighted by Crippen LogP contribution is -2.10. The molecule has 0 saturated carbocycles. The summed E-state index contributed by atoms with van der Waals surface area (Å²) >= 11 is 0. The van der Waals surface area contributed by atoms with Crippen molar-refractivity contribution in [3.05, 3.63) is 35.9 Å². The van der Waals surface area contributed by atoms with Gasteiger partial charge in [0.25, 0.3) is 0 Å². The summed E-state index contributed by atoms with van der Waals surface area (Å²) in [6.45, 7) is 0.223. The van der Waals surface area contributed by atoms with Crippen molar-refractivity contribution < 1.29 is 5.11 Å². The number of aliphatic hydroxyl groups excluding tert-OH is 1. The maximum absolute atomic E-state index is 8.61. The molecule has 13 heavy (non-hydrogen) atoms. The van der Waals surface area contributed by atoms with Crippen molar-refractivity contribution >= 4 is 12.4 Å². The molecule has 1 aromatic carbocycles. The highest BCUT2D eigenvalue weighted by Crippen LogP contribution is 2.14. The second kappa shape index (κ2) is 6.89. The fraction of sp³-hybridized carbons (Fsp3) is 0.400. The zero-order valence-corrected chi connectivity index (χ0v) is 8.33. The molecule has 0 heterocycles. The fourth-order valence-corrected chi connectivity index (χ4v) is 1.18. The summed E-state index contributed by atoms with van der Waals surface area (Å²) in [5.41, 5.74) is 7.01. The van der Waals surface area contributed by atoms with Gasteiger partial charge < -0.3 is 10.8 Å². The number of hydrogen-bond acceptors (Lipinski definition) is 2. The normalized spacial score (nSPS) is 11.8. The van der Waals surface area contributed by atoms with E-state index in [0.717, 1.165) is 18.4 Å². The quantitative estimate of drug-likeness (QED) is 0.782. The molecule has 0 radical (unpaired) electrons. The minimum Gasteiger partial charge on any atom is -0.396 e. The van der Waals surface area contributed by atoms with Gasteiger partial charge in [-0.1, -0.05) is 30.3 Å². The fourth-order valence-electron chi connectivity index (χ4n) is 1.18. The maximum Gasteiger partial charge on any atom is 0.0431 e. The number of hydrogen-bond donors (Lipinski definition) is 2. The van der Waals surface area contributed by atoms with Gasteiger partial charge in [0.15, 0.2) is 0 Å². The summed E-state index contributed by atoms with van der Waals surface area (Å²) < 4.78 is 0. The first kappa shape index (κ1) is 12.4. The average molecular weight is 202 g/mol. The molecule has 3 heteroatoms. The lowest BCUT2D eigenvalue weighted by atomic mass is 10.0. The van der Waals surface area contributed by atoms with E-state index in [1.165, 1.54) is 0 Å². The van der Waals surface area contributed by atoms with Crippen LogP contribution in [0.1, 0.15) is 24.4 Å². The highest BCUT2D eigenvalue weighted by molar-refractivity contribution is 5.85. The van der Waals surface area contributed by atoms with E-state index in [4.69, 9.17) is 10.8 Å². The molecule has 2 nitrogen and oxygen atoms in total. The van der Waals surface area contributed by atoms with Gasteiger partial charge in [-0.25, -0.2) is 0 Å². The first-order valence-corrected chi connectivity index (χ1v) is 4.26. The van der Waals surface area contributed by atoms with Gasteiger partial charge in [0.05, 0.1) is 0 Å². The number of halogens is 1. The predicted octanol–water partition coefficient (Wildman–Crippen LogP) is 1.88. The Kier molecular flexibility index (Phi) is 6.59. The Bertz CT molecular complexity index is 215. The van der Waals surface area contributed by atoms with Gasteiger partial charge in [-0.05, 0) is 18.4 Å². The van der Waals surface area contributed by atoms with Gasteiger partial charge >= 0.3 is 0 Å². The monoisotopic (exact) mass is 201 g/mol. The molecule has 0 saturated heterocycles. The van der Waals surface area contributed by atoms with E-state index in [1.54, 1.807) is 0 Å². The van der Waals surface area contributed by atoms with E-state index in [1.807, 2.05) is 30.3 Å². The second-order valence-corrected chi connectivity index (χ2v) is 2.88. The summed E-state index contributed by atoms with van der Waals surface area (Å²) in [5, 5.41) is 8.61. The average Bonchev–Trinajstić information content (AvgIpc) is 2.15. The van der Waals surface area contributed by atoms with Crippen molar-refractivity contribution in [3.63, 3.8) is 0 Å². The molecule has 0 aromatic heterocycles. The van der Waals surface area contributed by atoms with Crippen LogP contribution >= 0.6 is 12.4 Å². The summed E-state index contributed by atoms with van der Waals surface area (Å²) in [4.78, 5) is 0. The van der Waals surface area contributed by atoms with E-state index in [2.05, 4.69) is 0 Å². The summed E-state index contributed by atoms with van der Waals surface area (Å²) in [5.74, 6) is 0. The van der Waals surface area contributed by atoms with Crippen molar-refractivity contribution in [1.82, 2.24) is 0 Å². The van der Waals surface area contributed by atoms with Gasteiger partial charge in [-0.3, -0.25) is 0 Å². The smallest absolute Gasteiger partial charge is 0.0431 e. The van der Waals surface area contributed by atoms with Crippen molar-refractivity contribution in [2.75, 3.05) is 6.61 Å². The lowest BCUT2D eigenvalue weighted by molar-refractivity contribution is 0.280. The SMILES string of the molecule is Cl.NC(CCCO)c1ccccc1. The van der Waals surface area contributed by atoms with E-state index < -0.39 is 0 Å². The Morgan fingerprint density at radius 3 is 2.38 bits per heavy atom.